The molecule has 0 atom stereocenters. The van der Waals surface area contributed by atoms with Gasteiger partial charge in [0, 0.05) is 20.2 Å². The molecule has 2 N–H and O–H groups in total. The van der Waals surface area contributed by atoms with Gasteiger partial charge in [0.15, 0.2) is 0 Å². The molecule has 0 aliphatic rings. The minimum atomic E-state index is -1.02. The van der Waals surface area contributed by atoms with Crippen LogP contribution in [-0.4, -0.2) is 54.4 Å². The van der Waals surface area contributed by atoms with Crippen LogP contribution in [-0.2, 0) is 9.53 Å². The van der Waals surface area contributed by atoms with E-state index in [-0.39, 0.29) is 6.54 Å². The first-order valence-corrected chi connectivity index (χ1v) is 5.12. The van der Waals surface area contributed by atoms with Crippen molar-refractivity contribution in [3.05, 3.63) is 0 Å². The van der Waals surface area contributed by atoms with Crippen molar-refractivity contribution < 1.29 is 19.4 Å². The summed E-state index contributed by atoms with van der Waals surface area (Å²) in [5, 5.41) is 11.2. The zero-order chi connectivity index (χ0) is 12.8. The van der Waals surface area contributed by atoms with E-state index >= 15 is 0 Å². The molecular formula is C10H20N2O4. The lowest BCUT2D eigenvalue weighted by molar-refractivity contribution is -0.137. The second kappa shape index (κ2) is 6.32. The van der Waals surface area contributed by atoms with Crippen molar-refractivity contribution in [3.8, 4) is 0 Å². The Hall–Kier alpha value is -1.30. The second-order valence-corrected chi connectivity index (χ2v) is 4.03. The highest BCUT2D eigenvalue weighted by Crippen LogP contribution is 2.04. The van der Waals surface area contributed by atoms with Crippen LogP contribution in [0.4, 0.5) is 4.79 Å². The topological polar surface area (TPSA) is 78.9 Å². The summed E-state index contributed by atoms with van der Waals surface area (Å²) in [6, 6.07) is -0.393. The van der Waals surface area contributed by atoms with Gasteiger partial charge < -0.3 is 20.1 Å². The van der Waals surface area contributed by atoms with Crippen LogP contribution in [0.15, 0.2) is 0 Å². The summed E-state index contributed by atoms with van der Waals surface area (Å²) in [6.07, 6.45) is 0. The van der Waals surface area contributed by atoms with Gasteiger partial charge in [0.05, 0.1) is 5.60 Å². The number of carbonyl (C=O) groups excluding carboxylic acids is 1. The van der Waals surface area contributed by atoms with Gasteiger partial charge in [-0.1, -0.05) is 0 Å². The summed E-state index contributed by atoms with van der Waals surface area (Å²) in [7, 11) is 1.56. The fourth-order valence-electron chi connectivity index (χ4n) is 0.963. The molecule has 0 radical (unpaired) electrons. The number of hydrogen-bond acceptors (Lipinski definition) is 3. The fourth-order valence-corrected chi connectivity index (χ4v) is 0.963. The van der Waals surface area contributed by atoms with E-state index in [1.165, 1.54) is 4.90 Å². The van der Waals surface area contributed by atoms with Gasteiger partial charge >= 0.3 is 12.0 Å². The predicted octanol–water partition coefficient (Wildman–Crippen LogP) is 0.527. The van der Waals surface area contributed by atoms with Crippen LogP contribution < -0.4 is 5.32 Å². The highest BCUT2D eigenvalue weighted by atomic mass is 16.5. The molecule has 0 unspecified atom stereocenters. The maximum absolute atomic E-state index is 11.6. The van der Waals surface area contributed by atoms with Gasteiger partial charge in [-0.15, -0.1) is 0 Å². The van der Waals surface area contributed by atoms with Crippen molar-refractivity contribution in [1.82, 2.24) is 10.2 Å². The van der Waals surface area contributed by atoms with Gasteiger partial charge in [0.1, 0.15) is 6.54 Å². The third-order valence-corrected chi connectivity index (χ3v) is 2.21. The highest BCUT2D eigenvalue weighted by molar-refractivity contribution is 5.80. The van der Waals surface area contributed by atoms with Crippen molar-refractivity contribution >= 4 is 12.0 Å². The molecular weight excluding hydrogens is 212 g/mol. The third-order valence-electron chi connectivity index (χ3n) is 2.21. The first-order valence-electron chi connectivity index (χ1n) is 5.12. The number of methoxy groups -OCH3 is 1. The second-order valence-electron chi connectivity index (χ2n) is 4.03. The van der Waals surface area contributed by atoms with E-state index in [9.17, 15) is 9.59 Å². The van der Waals surface area contributed by atoms with Crippen molar-refractivity contribution in [2.24, 2.45) is 0 Å². The van der Waals surface area contributed by atoms with E-state index in [2.05, 4.69) is 5.32 Å². The number of likely N-dealkylation sites (N-methyl/N-ethyl adjacent to an activating group) is 1. The lowest BCUT2D eigenvalue weighted by atomic mass is 10.1. The van der Waals surface area contributed by atoms with Crippen molar-refractivity contribution in [3.63, 3.8) is 0 Å². The molecule has 0 aliphatic heterocycles. The molecule has 0 spiro atoms. The standard InChI is InChI=1S/C10H20N2O4/c1-5-12(6-8(13)14)9(15)11-7-10(2,3)16-4/h5-7H2,1-4H3,(H,11,15)(H,13,14). The van der Waals surface area contributed by atoms with Crippen LogP contribution in [0.25, 0.3) is 0 Å². The van der Waals surface area contributed by atoms with Crippen LogP contribution in [0.5, 0.6) is 0 Å². The molecule has 16 heavy (non-hydrogen) atoms. The summed E-state index contributed by atoms with van der Waals surface area (Å²) in [4.78, 5) is 23.3. The SMILES string of the molecule is CCN(CC(=O)O)C(=O)NCC(C)(C)OC. The first-order chi connectivity index (χ1) is 7.32. The number of ether oxygens (including phenoxy) is 1. The van der Waals surface area contributed by atoms with Crippen LogP contribution >= 0.6 is 0 Å². The fraction of sp³-hybridized carbons (Fsp3) is 0.800. The summed E-state index contributed by atoms with van der Waals surface area (Å²) < 4.78 is 5.13. The van der Waals surface area contributed by atoms with Gasteiger partial charge in [-0.05, 0) is 20.8 Å². The maximum Gasteiger partial charge on any atom is 0.323 e. The largest absolute Gasteiger partial charge is 0.480 e. The number of amides is 2. The Labute approximate surface area is 95.6 Å². The van der Waals surface area contributed by atoms with Gasteiger partial charge in [-0.25, -0.2) is 4.79 Å². The molecule has 6 heteroatoms. The maximum atomic E-state index is 11.6. The van der Waals surface area contributed by atoms with Crippen molar-refractivity contribution in [2.45, 2.75) is 26.4 Å². The summed E-state index contributed by atoms with van der Waals surface area (Å²) in [5.41, 5.74) is -0.460. The van der Waals surface area contributed by atoms with Crippen molar-refractivity contribution in [1.29, 1.82) is 0 Å². The Morgan fingerprint density at radius 3 is 2.38 bits per heavy atom. The molecule has 0 heterocycles. The normalized spacial score (nSPS) is 11.0. The molecule has 0 aromatic carbocycles. The van der Waals surface area contributed by atoms with E-state index in [0.717, 1.165) is 0 Å². The minimum Gasteiger partial charge on any atom is -0.480 e. The molecule has 94 valence electrons. The molecule has 6 nitrogen and oxygen atoms in total. The van der Waals surface area contributed by atoms with E-state index in [4.69, 9.17) is 9.84 Å². The molecule has 0 aromatic rings. The van der Waals surface area contributed by atoms with Gasteiger partial charge in [-0.3, -0.25) is 4.79 Å². The Morgan fingerprint density at radius 1 is 1.44 bits per heavy atom. The number of rotatable bonds is 6. The van der Waals surface area contributed by atoms with E-state index < -0.39 is 17.6 Å². The number of nitrogens with one attached hydrogen (secondary N) is 1. The lowest BCUT2D eigenvalue weighted by Gasteiger charge is -2.26. The van der Waals surface area contributed by atoms with Gasteiger partial charge in [0.25, 0.3) is 0 Å². The Morgan fingerprint density at radius 2 is 2.00 bits per heavy atom. The Balaban J connectivity index is 4.17. The zero-order valence-corrected chi connectivity index (χ0v) is 10.2. The minimum absolute atomic E-state index is 0.296. The predicted molar refractivity (Wildman–Crippen MR) is 59.4 cm³/mol. The molecule has 0 aromatic heterocycles. The number of carboxylic acid groups (broad SMARTS) is 1. The van der Waals surface area contributed by atoms with Gasteiger partial charge in [-0.2, -0.15) is 0 Å². The third kappa shape index (κ3) is 5.55. The first kappa shape index (κ1) is 14.7. The molecule has 0 aliphatic carbocycles. The number of urea groups is 1. The van der Waals surface area contributed by atoms with Crippen molar-refractivity contribution in [2.75, 3.05) is 26.7 Å². The quantitative estimate of drug-likeness (QED) is 0.700. The molecule has 0 bridgehead atoms. The van der Waals surface area contributed by atoms with Crippen LogP contribution in [0.2, 0.25) is 0 Å². The van der Waals surface area contributed by atoms with E-state index in [1.807, 2.05) is 13.8 Å². The van der Waals surface area contributed by atoms with Crippen LogP contribution in [0, 0.1) is 0 Å². The van der Waals surface area contributed by atoms with Gasteiger partial charge in [0.2, 0.25) is 0 Å². The molecule has 0 saturated heterocycles. The average Bonchev–Trinajstić information content (AvgIpc) is 2.22. The van der Waals surface area contributed by atoms with Crippen LogP contribution in [0.3, 0.4) is 0 Å². The summed E-state index contributed by atoms with van der Waals surface area (Å²) in [6.45, 7) is 5.78. The van der Waals surface area contributed by atoms with Crippen LogP contribution in [0.1, 0.15) is 20.8 Å². The molecule has 0 rings (SSSR count). The number of carboxylic acids is 1. The average molecular weight is 232 g/mol. The summed E-state index contributed by atoms with van der Waals surface area (Å²) >= 11 is 0. The summed E-state index contributed by atoms with van der Waals surface area (Å²) in [5.74, 6) is -1.02. The number of aliphatic carboxylic acids is 1. The Kier molecular flexibility index (Phi) is 5.81. The monoisotopic (exact) mass is 232 g/mol. The van der Waals surface area contributed by atoms with E-state index in [1.54, 1.807) is 14.0 Å². The molecule has 0 fully saturated rings. The lowest BCUT2D eigenvalue weighted by Crippen LogP contribution is -2.47. The number of nitrogens with zero attached hydrogens (tertiary/aromatic N) is 1. The molecule has 0 saturated carbocycles. The number of hydrogen-bond donors (Lipinski definition) is 2. The zero-order valence-electron chi connectivity index (χ0n) is 10.2. The van der Waals surface area contributed by atoms with E-state index in [0.29, 0.717) is 13.1 Å². The molecule has 2 amide bonds. The number of carbonyl (C=O) groups is 2. The smallest absolute Gasteiger partial charge is 0.323 e. The Bertz CT molecular complexity index is 253. The highest BCUT2D eigenvalue weighted by Gasteiger charge is 2.20.